The minimum absolute atomic E-state index is 0.123. The van der Waals surface area contributed by atoms with Crippen molar-refractivity contribution in [1.82, 2.24) is 4.90 Å². The standard InChI is InChI=1S/C11H15FIN/c1-14(2)7-3-4-9-5-6-10(12)11(13)8-9/h5-6,8H,3-4,7H2,1-2H3. The Morgan fingerprint density at radius 2 is 2.07 bits per heavy atom. The molecule has 0 heterocycles. The third-order valence-corrected chi connectivity index (χ3v) is 2.88. The monoisotopic (exact) mass is 307 g/mol. The average Bonchev–Trinajstić information content (AvgIpc) is 2.10. The molecule has 0 N–H and O–H groups in total. The van der Waals surface area contributed by atoms with Crippen molar-refractivity contribution in [3.8, 4) is 0 Å². The van der Waals surface area contributed by atoms with Gasteiger partial charge in [-0.1, -0.05) is 6.07 Å². The smallest absolute Gasteiger partial charge is 0.136 e. The van der Waals surface area contributed by atoms with E-state index in [1.165, 1.54) is 5.56 Å². The molecule has 1 rings (SSSR count). The van der Waals surface area contributed by atoms with Gasteiger partial charge in [-0.3, -0.25) is 0 Å². The Bertz CT molecular complexity index is 299. The van der Waals surface area contributed by atoms with Crippen molar-refractivity contribution in [3.05, 3.63) is 33.1 Å². The van der Waals surface area contributed by atoms with Gasteiger partial charge in [0.15, 0.2) is 0 Å². The molecule has 0 aliphatic carbocycles. The van der Waals surface area contributed by atoms with E-state index in [1.54, 1.807) is 6.07 Å². The third-order valence-electron chi connectivity index (χ3n) is 2.05. The highest BCUT2D eigenvalue weighted by molar-refractivity contribution is 14.1. The van der Waals surface area contributed by atoms with Gasteiger partial charge in [0, 0.05) is 3.57 Å². The highest BCUT2D eigenvalue weighted by Crippen LogP contribution is 2.14. The topological polar surface area (TPSA) is 3.24 Å². The molecule has 0 spiro atoms. The number of aryl methyl sites for hydroxylation is 1. The molecule has 1 aromatic rings. The van der Waals surface area contributed by atoms with E-state index in [4.69, 9.17) is 0 Å². The molecular weight excluding hydrogens is 292 g/mol. The van der Waals surface area contributed by atoms with Gasteiger partial charge < -0.3 is 4.90 Å². The van der Waals surface area contributed by atoms with E-state index < -0.39 is 0 Å². The Kier molecular flexibility index (Phi) is 4.81. The molecule has 0 saturated heterocycles. The largest absolute Gasteiger partial charge is 0.309 e. The first-order valence-corrected chi connectivity index (χ1v) is 5.76. The van der Waals surface area contributed by atoms with Gasteiger partial charge in [0.25, 0.3) is 0 Å². The molecule has 0 radical (unpaired) electrons. The molecule has 0 aliphatic rings. The van der Waals surface area contributed by atoms with Crippen LogP contribution in [-0.4, -0.2) is 25.5 Å². The van der Waals surface area contributed by atoms with E-state index in [2.05, 4.69) is 19.0 Å². The van der Waals surface area contributed by atoms with Crippen LogP contribution in [0.1, 0.15) is 12.0 Å². The molecule has 0 amide bonds. The van der Waals surface area contributed by atoms with Crippen LogP contribution >= 0.6 is 22.6 Å². The molecule has 78 valence electrons. The zero-order valence-corrected chi connectivity index (χ0v) is 10.7. The number of hydrogen-bond donors (Lipinski definition) is 0. The minimum atomic E-state index is -0.123. The molecular formula is C11H15FIN. The molecule has 0 aromatic heterocycles. The van der Waals surface area contributed by atoms with Crippen LogP contribution < -0.4 is 0 Å². The van der Waals surface area contributed by atoms with Gasteiger partial charge in [0.1, 0.15) is 5.82 Å². The van der Waals surface area contributed by atoms with Crippen LogP contribution in [0, 0.1) is 9.39 Å². The Hall–Kier alpha value is -0.160. The number of benzene rings is 1. The zero-order valence-electron chi connectivity index (χ0n) is 8.56. The van der Waals surface area contributed by atoms with Gasteiger partial charge in [0.2, 0.25) is 0 Å². The van der Waals surface area contributed by atoms with Crippen molar-refractivity contribution < 1.29 is 4.39 Å². The van der Waals surface area contributed by atoms with Crippen LogP contribution in [-0.2, 0) is 6.42 Å². The summed E-state index contributed by atoms with van der Waals surface area (Å²) >= 11 is 2.03. The summed E-state index contributed by atoms with van der Waals surface area (Å²) < 4.78 is 13.6. The molecule has 1 aromatic carbocycles. The number of rotatable bonds is 4. The summed E-state index contributed by atoms with van der Waals surface area (Å²) in [4.78, 5) is 2.16. The van der Waals surface area contributed by atoms with E-state index in [1.807, 2.05) is 34.7 Å². The van der Waals surface area contributed by atoms with Crippen molar-refractivity contribution in [3.63, 3.8) is 0 Å². The zero-order chi connectivity index (χ0) is 10.6. The molecule has 0 unspecified atom stereocenters. The van der Waals surface area contributed by atoms with Crippen LogP contribution in [0.5, 0.6) is 0 Å². The Balaban J connectivity index is 2.47. The SMILES string of the molecule is CN(C)CCCc1ccc(F)c(I)c1. The molecule has 1 nitrogen and oxygen atoms in total. The number of nitrogens with zero attached hydrogens (tertiary/aromatic N) is 1. The van der Waals surface area contributed by atoms with Crippen molar-refractivity contribution in [2.24, 2.45) is 0 Å². The van der Waals surface area contributed by atoms with Crippen molar-refractivity contribution in [2.75, 3.05) is 20.6 Å². The van der Waals surface area contributed by atoms with Crippen molar-refractivity contribution >= 4 is 22.6 Å². The quantitative estimate of drug-likeness (QED) is 0.773. The highest BCUT2D eigenvalue weighted by Gasteiger charge is 2.00. The molecule has 0 atom stereocenters. The molecule has 0 saturated carbocycles. The third kappa shape index (κ3) is 3.92. The lowest BCUT2D eigenvalue weighted by atomic mass is 10.1. The summed E-state index contributed by atoms with van der Waals surface area (Å²) in [5.74, 6) is -0.123. The normalized spacial score (nSPS) is 10.9. The van der Waals surface area contributed by atoms with Gasteiger partial charge in [-0.05, 0) is 73.8 Å². The molecule has 0 aliphatic heterocycles. The van der Waals surface area contributed by atoms with Gasteiger partial charge in [0.05, 0.1) is 0 Å². The van der Waals surface area contributed by atoms with E-state index in [0.29, 0.717) is 3.57 Å². The van der Waals surface area contributed by atoms with E-state index in [0.717, 1.165) is 19.4 Å². The fraction of sp³-hybridized carbons (Fsp3) is 0.455. The van der Waals surface area contributed by atoms with Gasteiger partial charge in [-0.2, -0.15) is 0 Å². The number of hydrogen-bond acceptors (Lipinski definition) is 1. The van der Waals surface area contributed by atoms with Crippen LogP contribution in [0.3, 0.4) is 0 Å². The van der Waals surface area contributed by atoms with E-state index >= 15 is 0 Å². The summed E-state index contributed by atoms with van der Waals surface area (Å²) in [6.07, 6.45) is 2.14. The molecule has 0 fully saturated rings. The Labute approximate surface area is 98.4 Å². The summed E-state index contributed by atoms with van der Waals surface area (Å²) in [6.45, 7) is 1.08. The average molecular weight is 307 g/mol. The van der Waals surface area contributed by atoms with Crippen LogP contribution in [0.4, 0.5) is 4.39 Å². The van der Waals surface area contributed by atoms with Crippen LogP contribution in [0.15, 0.2) is 18.2 Å². The van der Waals surface area contributed by atoms with Crippen molar-refractivity contribution in [2.45, 2.75) is 12.8 Å². The maximum atomic E-state index is 12.9. The lowest BCUT2D eigenvalue weighted by Crippen LogP contribution is -2.13. The van der Waals surface area contributed by atoms with Crippen molar-refractivity contribution in [1.29, 1.82) is 0 Å². The lowest BCUT2D eigenvalue weighted by Gasteiger charge is -2.09. The Morgan fingerprint density at radius 3 is 2.64 bits per heavy atom. The first kappa shape index (κ1) is 11.9. The van der Waals surface area contributed by atoms with Gasteiger partial charge in [-0.25, -0.2) is 4.39 Å². The highest BCUT2D eigenvalue weighted by atomic mass is 127. The predicted molar refractivity (Wildman–Crippen MR) is 66.0 cm³/mol. The van der Waals surface area contributed by atoms with Crippen LogP contribution in [0.2, 0.25) is 0 Å². The summed E-state index contributed by atoms with van der Waals surface area (Å²) in [5.41, 5.74) is 1.22. The molecule has 14 heavy (non-hydrogen) atoms. The maximum Gasteiger partial charge on any atom is 0.136 e. The molecule has 0 bridgehead atoms. The first-order valence-electron chi connectivity index (χ1n) is 4.68. The lowest BCUT2D eigenvalue weighted by molar-refractivity contribution is 0.400. The maximum absolute atomic E-state index is 12.9. The van der Waals surface area contributed by atoms with Gasteiger partial charge >= 0.3 is 0 Å². The van der Waals surface area contributed by atoms with Crippen LogP contribution in [0.25, 0.3) is 0 Å². The number of halogens is 2. The second-order valence-corrected chi connectivity index (χ2v) is 4.82. The summed E-state index contributed by atoms with van der Waals surface area (Å²) in [6, 6.07) is 5.34. The summed E-state index contributed by atoms with van der Waals surface area (Å²) in [7, 11) is 4.13. The fourth-order valence-corrected chi connectivity index (χ4v) is 1.87. The fourth-order valence-electron chi connectivity index (χ4n) is 1.29. The summed E-state index contributed by atoms with van der Waals surface area (Å²) in [5, 5.41) is 0. The molecule has 3 heteroatoms. The predicted octanol–water partition coefficient (Wildman–Crippen LogP) is 2.92. The first-order chi connectivity index (χ1) is 6.59. The van der Waals surface area contributed by atoms with E-state index in [-0.39, 0.29) is 5.82 Å². The Morgan fingerprint density at radius 1 is 1.36 bits per heavy atom. The minimum Gasteiger partial charge on any atom is -0.309 e. The van der Waals surface area contributed by atoms with E-state index in [9.17, 15) is 4.39 Å². The van der Waals surface area contributed by atoms with Gasteiger partial charge in [-0.15, -0.1) is 0 Å². The second kappa shape index (κ2) is 5.66. The second-order valence-electron chi connectivity index (χ2n) is 3.66.